The standard InChI is InChI=1S/C21H22N2O6S/c1-25-16-10-13(11-17(26-2)19(16)27-3)20-22-15(21(24)29-20)12-14-4-5-18(30-14)23-6-8-28-9-7-23/h4-5,10-12H,6-9H2,1-3H3/b15-12+. The number of carbonyl (C=O) groups is 1. The Labute approximate surface area is 178 Å². The van der Waals surface area contributed by atoms with Crippen LogP contribution in [-0.2, 0) is 14.3 Å². The van der Waals surface area contributed by atoms with Crippen LogP contribution in [0.1, 0.15) is 10.4 Å². The second-order valence-electron chi connectivity index (χ2n) is 6.53. The highest BCUT2D eigenvalue weighted by Crippen LogP contribution is 2.39. The van der Waals surface area contributed by atoms with Crippen molar-refractivity contribution < 1.29 is 28.5 Å². The Morgan fingerprint density at radius 2 is 1.77 bits per heavy atom. The first-order valence-electron chi connectivity index (χ1n) is 9.38. The summed E-state index contributed by atoms with van der Waals surface area (Å²) in [6, 6.07) is 7.41. The summed E-state index contributed by atoms with van der Waals surface area (Å²) in [5.74, 6) is 1.06. The number of esters is 1. The smallest absolute Gasteiger partial charge is 0.363 e. The van der Waals surface area contributed by atoms with Gasteiger partial charge in [0.25, 0.3) is 0 Å². The monoisotopic (exact) mass is 430 g/mol. The molecule has 0 unspecified atom stereocenters. The fourth-order valence-corrected chi connectivity index (χ4v) is 4.24. The van der Waals surface area contributed by atoms with Crippen molar-refractivity contribution in [1.82, 2.24) is 0 Å². The van der Waals surface area contributed by atoms with Gasteiger partial charge in [0, 0.05) is 23.5 Å². The molecule has 2 aliphatic heterocycles. The van der Waals surface area contributed by atoms with Crippen LogP contribution in [0.4, 0.5) is 5.00 Å². The highest BCUT2D eigenvalue weighted by atomic mass is 32.1. The first-order valence-corrected chi connectivity index (χ1v) is 10.2. The van der Waals surface area contributed by atoms with Crippen LogP contribution in [0.2, 0.25) is 0 Å². The Morgan fingerprint density at radius 1 is 1.07 bits per heavy atom. The molecule has 158 valence electrons. The summed E-state index contributed by atoms with van der Waals surface area (Å²) >= 11 is 1.60. The van der Waals surface area contributed by atoms with Gasteiger partial charge in [0.2, 0.25) is 11.6 Å². The molecule has 0 atom stereocenters. The van der Waals surface area contributed by atoms with E-state index in [2.05, 4.69) is 9.89 Å². The van der Waals surface area contributed by atoms with E-state index in [4.69, 9.17) is 23.7 Å². The largest absolute Gasteiger partial charge is 0.493 e. The molecule has 3 heterocycles. The van der Waals surface area contributed by atoms with Gasteiger partial charge in [0.05, 0.1) is 39.5 Å². The number of carbonyl (C=O) groups excluding carboxylic acids is 1. The molecule has 0 N–H and O–H groups in total. The van der Waals surface area contributed by atoms with Gasteiger partial charge in [0.1, 0.15) is 0 Å². The number of morpholine rings is 1. The number of rotatable bonds is 6. The van der Waals surface area contributed by atoms with Gasteiger partial charge in [-0.25, -0.2) is 9.79 Å². The van der Waals surface area contributed by atoms with Crippen molar-refractivity contribution in [1.29, 1.82) is 0 Å². The molecule has 1 saturated heterocycles. The predicted octanol–water partition coefficient (Wildman–Crippen LogP) is 2.96. The van der Waals surface area contributed by atoms with Crippen molar-refractivity contribution in [2.75, 3.05) is 52.5 Å². The summed E-state index contributed by atoms with van der Waals surface area (Å²) in [6.07, 6.45) is 1.74. The lowest BCUT2D eigenvalue weighted by molar-refractivity contribution is -0.129. The molecule has 0 bridgehead atoms. The lowest BCUT2D eigenvalue weighted by Gasteiger charge is -2.27. The number of nitrogens with zero attached hydrogens (tertiary/aromatic N) is 2. The van der Waals surface area contributed by atoms with E-state index in [1.807, 2.05) is 12.1 Å². The van der Waals surface area contributed by atoms with Gasteiger partial charge in [0.15, 0.2) is 17.2 Å². The fraction of sp³-hybridized carbons (Fsp3) is 0.333. The molecule has 2 aliphatic rings. The molecule has 0 saturated carbocycles. The van der Waals surface area contributed by atoms with Gasteiger partial charge in [-0.3, -0.25) is 0 Å². The third-order valence-electron chi connectivity index (χ3n) is 4.75. The van der Waals surface area contributed by atoms with E-state index in [1.54, 1.807) is 29.5 Å². The molecule has 0 radical (unpaired) electrons. The highest BCUT2D eigenvalue weighted by Gasteiger charge is 2.27. The molecule has 1 fully saturated rings. The number of benzene rings is 1. The summed E-state index contributed by atoms with van der Waals surface area (Å²) in [5.41, 5.74) is 0.801. The molecule has 9 heteroatoms. The molecule has 2 aromatic rings. The minimum Gasteiger partial charge on any atom is -0.493 e. The van der Waals surface area contributed by atoms with Crippen molar-refractivity contribution in [2.24, 2.45) is 4.99 Å². The fourth-order valence-electron chi connectivity index (χ4n) is 3.25. The van der Waals surface area contributed by atoms with Crippen LogP contribution in [0, 0.1) is 0 Å². The third-order valence-corrected chi connectivity index (χ3v) is 5.84. The zero-order valence-electron chi connectivity index (χ0n) is 17.0. The highest BCUT2D eigenvalue weighted by molar-refractivity contribution is 7.16. The molecular formula is C21H22N2O6S. The van der Waals surface area contributed by atoms with Gasteiger partial charge in [-0.05, 0) is 30.3 Å². The Bertz CT molecular complexity index is 982. The van der Waals surface area contributed by atoms with E-state index in [1.165, 1.54) is 21.3 Å². The number of cyclic esters (lactones) is 1. The van der Waals surface area contributed by atoms with Gasteiger partial charge in [-0.15, -0.1) is 11.3 Å². The van der Waals surface area contributed by atoms with Crippen LogP contribution >= 0.6 is 11.3 Å². The summed E-state index contributed by atoms with van der Waals surface area (Å²) in [6.45, 7) is 3.18. The molecule has 0 aliphatic carbocycles. The Balaban J connectivity index is 1.61. The van der Waals surface area contributed by atoms with Crippen molar-refractivity contribution in [3.63, 3.8) is 0 Å². The maximum atomic E-state index is 12.4. The average Bonchev–Trinajstić information content (AvgIpc) is 3.40. The Kier molecular flexibility index (Phi) is 5.91. The number of hydrogen-bond acceptors (Lipinski definition) is 9. The lowest BCUT2D eigenvalue weighted by atomic mass is 10.2. The minimum atomic E-state index is -0.500. The maximum Gasteiger partial charge on any atom is 0.363 e. The van der Waals surface area contributed by atoms with Gasteiger partial charge < -0.3 is 28.6 Å². The van der Waals surface area contributed by atoms with Crippen LogP contribution in [0.5, 0.6) is 17.2 Å². The van der Waals surface area contributed by atoms with Crippen LogP contribution in [0.15, 0.2) is 35.0 Å². The van der Waals surface area contributed by atoms with E-state index < -0.39 is 5.97 Å². The molecule has 8 nitrogen and oxygen atoms in total. The molecule has 4 rings (SSSR count). The van der Waals surface area contributed by atoms with E-state index in [9.17, 15) is 4.79 Å². The number of hydrogen-bond donors (Lipinski definition) is 0. The first-order chi connectivity index (χ1) is 14.6. The third kappa shape index (κ3) is 3.99. The number of ether oxygens (including phenoxy) is 5. The van der Waals surface area contributed by atoms with Gasteiger partial charge in [-0.1, -0.05) is 0 Å². The Hall–Kier alpha value is -3.04. The van der Waals surface area contributed by atoms with Gasteiger partial charge >= 0.3 is 5.97 Å². The molecule has 0 spiro atoms. The molecule has 1 aromatic carbocycles. The Morgan fingerprint density at radius 3 is 2.40 bits per heavy atom. The zero-order chi connectivity index (χ0) is 21.1. The topological polar surface area (TPSA) is 78.8 Å². The number of thiophene rings is 1. The van der Waals surface area contributed by atoms with Gasteiger partial charge in [-0.2, -0.15) is 0 Å². The molecule has 0 amide bonds. The zero-order valence-corrected chi connectivity index (χ0v) is 17.8. The van der Waals surface area contributed by atoms with E-state index >= 15 is 0 Å². The SMILES string of the molecule is COc1cc(C2=N/C(=C/c3ccc(N4CCOCC4)s3)C(=O)O2)cc(OC)c1OC. The minimum absolute atomic E-state index is 0.190. The second kappa shape index (κ2) is 8.76. The van der Waals surface area contributed by atoms with Crippen molar-refractivity contribution in [2.45, 2.75) is 0 Å². The molecule has 1 aromatic heterocycles. The average molecular weight is 430 g/mol. The summed E-state index contributed by atoms with van der Waals surface area (Å²) in [4.78, 5) is 20.0. The first kappa shape index (κ1) is 20.2. The lowest BCUT2D eigenvalue weighted by Crippen LogP contribution is -2.35. The van der Waals surface area contributed by atoms with Crippen LogP contribution < -0.4 is 19.1 Å². The van der Waals surface area contributed by atoms with Crippen LogP contribution in [-0.4, -0.2) is 59.5 Å². The van der Waals surface area contributed by atoms with E-state index in [0.717, 1.165) is 36.2 Å². The molecule has 30 heavy (non-hydrogen) atoms. The van der Waals surface area contributed by atoms with Crippen molar-refractivity contribution in [3.05, 3.63) is 40.4 Å². The maximum absolute atomic E-state index is 12.4. The number of aliphatic imine (C=N–C) groups is 1. The number of anilines is 1. The van der Waals surface area contributed by atoms with Crippen molar-refractivity contribution in [3.8, 4) is 17.2 Å². The van der Waals surface area contributed by atoms with E-state index in [0.29, 0.717) is 22.8 Å². The molecular weight excluding hydrogens is 408 g/mol. The normalized spacial score (nSPS) is 17.7. The van der Waals surface area contributed by atoms with Crippen molar-refractivity contribution >= 4 is 34.3 Å². The quantitative estimate of drug-likeness (QED) is 0.515. The summed E-state index contributed by atoms with van der Waals surface area (Å²) in [7, 11) is 4.58. The summed E-state index contributed by atoms with van der Waals surface area (Å²) in [5, 5.41) is 1.14. The predicted molar refractivity (Wildman–Crippen MR) is 114 cm³/mol. The van der Waals surface area contributed by atoms with Crippen LogP contribution in [0.25, 0.3) is 6.08 Å². The second-order valence-corrected chi connectivity index (χ2v) is 7.62. The number of methoxy groups -OCH3 is 3. The van der Waals surface area contributed by atoms with Crippen LogP contribution in [0.3, 0.4) is 0 Å². The summed E-state index contributed by atoms with van der Waals surface area (Å²) < 4.78 is 26.8. The van der Waals surface area contributed by atoms with E-state index in [-0.39, 0.29) is 11.6 Å².